The highest BCUT2D eigenvalue weighted by atomic mass is 16.2. The number of rotatable bonds is 2. The van der Waals surface area contributed by atoms with Crippen molar-refractivity contribution in [3.8, 4) is 0 Å². The number of nitrogens with zero attached hydrogens (tertiary/aromatic N) is 1. The minimum atomic E-state index is -0.143. The fourth-order valence-corrected chi connectivity index (χ4v) is 3.61. The van der Waals surface area contributed by atoms with Crippen LogP contribution in [0.5, 0.6) is 0 Å². The van der Waals surface area contributed by atoms with Crippen molar-refractivity contribution in [1.82, 2.24) is 15.2 Å². The Bertz CT molecular complexity index is 784. The molecule has 0 spiro atoms. The molecular weight excluding hydrogens is 302 g/mol. The first-order valence-corrected chi connectivity index (χ1v) is 8.66. The maximum absolute atomic E-state index is 12.5. The van der Waals surface area contributed by atoms with Crippen LogP contribution in [0.2, 0.25) is 0 Å². The lowest BCUT2D eigenvalue weighted by Crippen LogP contribution is -2.41. The zero-order valence-corrected chi connectivity index (χ0v) is 14.3. The minimum absolute atomic E-state index is 0.0414. The van der Waals surface area contributed by atoms with Crippen molar-refractivity contribution in [2.75, 3.05) is 13.1 Å². The Morgan fingerprint density at radius 2 is 2.08 bits per heavy atom. The molecule has 128 valence electrons. The third-order valence-corrected chi connectivity index (χ3v) is 4.78. The molecule has 1 aliphatic heterocycles. The molecular formula is C19H25N3O2. The quantitative estimate of drug-likeness (QED) is 0.890. The Labute approximate surface area is 142 Å². The number of carbonyl (C=O) groups excluding carboxylic acids is 1. The summed E-state index contributed by atoms with van der Waals surface area (Å²) in [6.45, 7) is 6.41. The second kappa shape index (κ2) is 7.07. The smallest absolute Gasteiger partial charge is 0.317 e. The zero-order chi connectivity index (χ0) is 17.1. The van der Waals surface area contributed by atoms with Crippen molar-refractivity contribution in [2.24, 2.45) is 11.8 Å². The predicted octanol–water partition coefficient (Wildman–Crippen LogP) is 3.11. The van der Waals surface area contributed by atoms with E-state index in [-0.39, 0.29) is 11.6 Å². The summed E-state index contributed by atoms with van der Waals surface area (Å²) in [6.07, 6.45) is 2.22. The van der Waals surface area contributed by atoms with Crippen molar-refractivity contribution in [3.05, 3.63) is 46.2 Å². The summed E-state index contributed by atoms with van der Waals surface area (Å²) >= 11 is 0. The van der Waals surface area contributed by atoms with Crippen LogP contribution >= 0.6 is 0 Å². The maximum atomic E-state index is 12.5. The Morgan fingerprint density at radius 1 is 1.29 bits per heavy atom. The molecule has 2 heterocycles. The Kier molecular flexibility index (Phi) is 4.88. The van der Waals surface area contributed by atoms with E-state index in [1.54, 1.807) is 6.07 Å². The number of amides is 2. The number of fused-ring (bicyclic) bond motifs is 1. The summed E-state index contributed by atoms with van der Waals surface area (Å²) in [4.78, 5) is 29.1. The molecule has 3 rings (SSSR count). The molecule has 2 atom stereocenters. The van der Waals surface area contributed by atoms with E-state index in [4.69, 9.17) is 0 Å². The van der Waals surface area contributed by atoms with E-state index < -0.39 is 0 Å². The van der Waals surface area contributed by atoms with Gasteiger partial charge in [-0.25, -0.2) is 4.79 Å². The van der Waals surface area contributed by atoms with Crippen LogP contribution in [0.4, 0.5) is 4.79 Å². The molecule has 2 aromatic rings. The number of benzene rings is 1. The van der Waals surface area contributed by atoms with E-state index >= 15 is 0 Å². The van der Waals surface area contributed by atoms with Crippen LogP contribution < -0.4 is 10.9 Å². The monoisotopic (exact) mass is 327 g/mol. The molecule has 1 aromatic heterocycles. The van der Waals surface area contributed by atoms with Crippen molar-refractivity contribution in [3.63, 3.8) is 0 Å². The average molecular weight is 327 g/mol. The first kappa shape index (κ1) is 16.6. The summed E-state index contributed by atoms with van der Waals surface area (Å²) < 4.78 is 0. The minimum Gasteiger partial charge on any atom is -0.334 e. The molecule has 5 heteroatoms. The lowest BCUT2D eigenvalue weighted by Gasteiger charge is -2.23. The fourth-order valence-electron chi connectivity index (χ4n) is 3.61. The second-order valence-corrected chi connectivity index (χ2v) is 7.04. The highest BCUT2D eigenvalue weighted by molar-refractivity contribution is 5.82. The molecule has 0 unspecified atom stereocenters. The molecule has 24 heavy (non-hydrogen) atoms. The fraction of sp³-hybridized carbons (Fsp3) is 0.474. The van der Waals surface area contributed by atoms with Gasteiger partial charge >= 0.3 is 6.03 Å². The molecule has 0 aliphatic carbocycles. The largest absolute Gasteiger partial charge is 0.334 e. The van der Waals surface area contributed by atoms with Crippen LogP contribution in [0.25, 0.3) is 10.9 Å². The number of hydrogen-bond acceptors (Lipinski definition) is 2. The number of aromatic amines is 1. The summed E-state index contributed by atoms with van der Waals surface area (Å²) in [5.74, 6) is 1.18. The molecule has 2 amide bonds. The van der Waals surface area contributed by atoms with Crippen LogP contribution in [0, 0.1) is 11.8 Å². The number of para-hydroxylation sites is 1. The van der Waals surface area contributed by atoms with Crippen molar-refractivity contribution >= 4 is 16.9 Å². The van der Waals surface area contributed by atoms with Crippen LogP contribution in [0.15, 0.2) is 35.1 Å². The van der Waals surface area contributed by atoms with E-state index in [0.717, 1.165) is 36.0 Å². The zero-order valence-electron chi connectivity index (χ0n) is 14.3. The number of hydrogen-bond donors (Lipinski definition) is 2. The van der Waals surface area contributed by atoms with Crippen LogP contribution in [0.3, 0.4) is 0 Å². The molecule has 1 aliphatic rings. The number of pyridine rings is 1. The van der Waals surface area contributed by atoms with E-state index in [0.29, 0.717) is 18.4 Å². The Hall–Kier alpha value is -2.30. The van der Waals surface area contributed by atoms with Gasteiger partial charge in [0.1, 0.15) is 0 Å². The van der Waals surface area contributed by atoms with E-state index in [9.17, 15) is 9.59 Å². The van der Waals surface area contributed by atoms with Crippen molar-refractivity contribution < 1.29 is 4.79 Å². The third kappa shape index (κ3) is 3.78. The molecule has 0 bridgehead atoms. The number of nitrogens with one attached hydrogen (secondary N) is 2. The third-order valence-electron chi connectivity index (χ3n) is 4.78. The van der Waals surface area contributed by atoms with Gasteiger partial charge in [-0.15, -0.1) is 0 Å². The summed E-state index contributed by atoms with van der Waals surface area (Å²) in [6, 6.07) is 9.18. The predicted molar refractivity (Wildman–Crippen MR) is 95.9 cm³/mol. The first-order valence-electron chi connectivity index (χ1n) is 8.66. The van der Waals surface area contributed by atoms with E-state index in [2.05, 4.69) is 24.1 Å². The summed E-state index contributed by atoms with van der Waals surface area (Å²) in [5, 5.41) is 3.95. The van der Waals surface area contributed by atoms with Gasteiger partial charge in [0.15, 0.2) is 0 Å². The Morgan fingerprint density at radius 3 is 2.92 bits per heavy atom. The van der Waals surface area contributed by atoms with Gasteiger partial charge in [-0.2, -0.15) is 0 Å². The highest BCUT2D eigenvalue weighted by Gasteiger charge is 2.22. The van der Waals surface area contributed by atoms with E-state index in [1.165, 1.54) is 6.42 Å². The SMILES string of the molecule is C[C@@H]1C[C@@H](C)CCN(C(=O)NCc2cc(=O)[nH]c3ccccc23)C1. The molecule has 5 nitrogen and oxygen atoms in total. The summed E-state index contributed by atoms with van der Waals surface area (Å²) in [7, 11) is 0. The standard InChI is InChI=1S/C19H25N3O2/c1-13-7-8-22(12-14(2)9-13)19(24)20-11-15-10-18(23)21-17-6-4-3-5-16(15)17/h3-6,10,13-14H,7-9,11-12H2,1-2H3,(H,20,24)(H,21,23)/t13-,14+/m0/s1. The van der Waals surface area contributed by atoms with Gasteiger partial charge in [-0.3, -0.25) is 4.79 Å². The number of carbonyl (C=O) groups is 1. The van der Waals surface area contributed by atoms with Crippen molar-refractivity contribution in [2.45, 2.75) is 33.2 Å². The number of aromatic nitrogens is 1. The topological polar surface area (TPSA) is 65.2 Å². The number of urea groups is 1. The lowest BCUT2D eigenvalue weighted by molar-refractivity contribution is 0.193. The molecule has 0 radical (unpaired) electrons. The molecule has 1 fully saturated rings. The van der Waals surface area contributed by atoms with Crippen LogP contribution in [-0.2, 0) is 6.54 Å². The normalized spacial score (nSPS) is 21.5. The first-order chi connectivity index (χ1) is 11.5. The van der Waals surface area contributed by atoms with Gasteiger partial charge in [0.05, 0.1) is 0 Å². The van der Waals surface area contributed by atoms with Crippen LogP contribution in [-0.4, -0.2) is 29.0 Å². The van der Waals surface area contributed by atoms with Gasteiger partial charge < -0.3 is 15.2 Å². The van der Waals surface area contributed by atoms with Gasteiger partial charge in [0.2, 0.25) is 5.56 Å². The highest BCUT2D eigenvalue weighted by Crippen LogP contribution is 2.21. The lowest BCUT2D eigenvalue weighted by atomic mass is 9.97. The molecule has 1 saturated heterocycles. The average Bonchev–Trinajstić information content (AvgIpc) is 2.72. The number of likely N-dealkylation sites (tertiary alicyclic amines) is 1. The molecule has 0 saturated carbocycles. The summed E-state index contributed by atoms with van der Waals surface area (Å²) in [5.41, 5.74) is 1.50. The molecule has 2 N–H and O–H groups in total. The Balaban J connectivity index is 1.71. The maximum Gasteiger partial charge on any atom is 0.317 e. The van der Waals surface area contributed by atoms with Gasteiger partial charge in [0, 0.05) is 36.6 Å². The number of H-pyrrole nitrogens is 1. The molecule has 1 aromatic carbocycles. The van der Waals surface area contributed by atoms with Gasteiger partial charge in [-0.1, -0.05) is 32.0 Å². The van der Waals surface area contributed by atoms with Gasteiger partial charge in [0.25, 0.3) is 0 Å². The van der Waals surface area contributed by atoms with Crippen LogP contribution in [0.1, 0.15) is 32.3 Å². The van der Waals surface area contributed by atoms with E-state index in [1.807, 2.05) is 29.2 Å². The second-order valence-electron chi connectivity index (χ2n) is 7.04. The van der Waals surface area contributed by atoms with Gasteiger partial charge in [-0.05, 0) is 36.3 Å². The van der Waals surface area contributed by atoms with Crippen molar-refractivity contribution in [1.29, 1.82) is 0 Å².